The highest BCUT2D eigenvalue weighted by molar-refractivity contribution is 5.00. The molecular formula is C11H22N2O. The third-order valence-electron chi connectivity index (χ3n) is 3.96. The van der Waals surface area contributed by atoms with Gasteiger partial charge in [0.25, 0.3) is 0 Å². The average Bonchev–Trinajstić information content (AvgIpc) is 2.00. The molecule has 2 heterocycles. The van der Waals surface area contributed by atoms with E-state index in [-0.39, 0.29) is 0 Å². The zero-order chi connectivity index (χ0) is 10.2. The summed E-state index contributed by atoms with van der Waals surface area (Å²) in [5.41, 5.74) is 0.397. The summed E-state index contributed by atoms with van der Waals surface area (Å²) in [5.74, 6) is 0.709. The van der Waals surface area contributed by atoms with E-state index in [4.69, 9.17) is 4.74 Å². The molecule has 0 aromatic rings. The van der Waals surface area contributed by atoms with E-state index in [1.165, 1.54) is 13.1 Å². The first-order valence-corrected chi connectivity index (χ1v) is 5.65. The van der Waals surface area contributed by atoms with Gasteiger partial charge < -0.3 is 15.0 Å². The molecule has 3 nitrogen and oxygen atoms in total. The lowest BCUT2D eigenvalue weighted by molar-refractivity contribution is -0.163. The van der Waals surface area contributed by atoms with Crippen molar-refractivity contribution in [3.63, 3.8) is 0 Å². The number of hydrogen-bond acceptors (Lipinski definition) is 3. The van der Waals surface area contributed by atoms with Crippen molar-refractivity contribution in [2.24, 2.45) is 11.3 Å². The molecule has 1 unspecified atom stereocenters. The number of nitrogens with zero attached hydrogens (tertiary/aromatic N) is 1. The molecule has 0 bridgehead atoms. The first-order chi connectivity index (χ1) is 6.65. The monoisotopic (exact) mass is 198 g/mol. The van der Waals surface area contributed by atoms with Crippen LogP contribution < -0.4 is 5.32 Å². The molecule has 2 fully saturated rings. The van der Waals surface area contributed by atoms with E-state index in [2.05, 4.69) is 31.1 Å². The molecule has 1 N–H and O–H groups in total. The van der Waals surface area contributed by atoms with Gasteiger partial charge in [0.2, 0.25) is 0 Å². The minimum Gasteiger partial charge on any atom is -0.380 e. The van der Waals surface area contributed by atoms with Crippen LogP contribution in [0.25, 0.3) is 0 Å². The third-order valence-corrected chi connectivity index (χ3v) is 3.96. The Kier molecular flexibility index (Phi) is 2.82. The molecule has 2 aliphatic rings. The Hall–Kier alpha value is -0.120. The van der Waals surface area contributed by atoms with Crippen LogP contribution in [0.5, 0.6) is 0 Å². The minimum absolute atomic E-state index is 0.397. The van der Waals surface area contributed by atoms with Crippen molar-refractivity contribution >= 4 is 0 Å². The van der Waals surface area contributed by atoms with Gasteiger partial charge in [-0.3, -0.25) is 0 Å². The summed E-state index contributed by atoms with van der Waals surface area (Å²) < 4.78 is 5.43. The predicted octanol–water partition coefficient (Wildman–Crippen LogP) is 0.563. The average molecular weight is 198 g/mol. The molecule has 82 valence electrons. The Bertz CT molecular complexity index is 201. The fourth-order valence-electron chi connectivity index (χ4n) is 2.56. The molecule has 2 aliphatic heterocycles. The molecule has 0 spiro atoms. The summed E-state index contributed by atoms with van der Waals surface area (Å²) in [4.78, 5) is 2.42. The third kappa shape index (κ3) is 1.58. The van der Waals surface area contributed by atoms with Crippen LogP contribution in [0.3, 0.4) is 0 Å². The molecule has 1 atom stereocenters. The molecule has 0 aromatic carbocycles. The van der Waals surface area contributed by atoms with Crippen molar-refractivity contribution in [1.82, 2.24) is 10.2 Å². The second-order valence-electron chi connectivity index (χ2n) is 5.15. The molecule has 0 saturated carbocycles. The van der Waals surface area contributed by atoms with Crippen LogP contribution in [-0.4, -0.2) is 50.8 Å². The maximum Gasteiger partial charge on any atom is 0.0562 e. The lowest BCUT2D eigenvalue weighted by Gasteiger charge is -2.52. The van der Waals surface area contributed by atoms with Gasteiger partial charge in [-0.1, -0.05) is 13.8 Å². The summed E-state index contributed by atoms with van der Waals surface area (Å²) >= 11 is 0. The van der Waals surface area contributed by atoms with Crippen molar-refractivity contribution in [2.45, 2.75) is 19.9 Å². The van der Waals surface area contributed by atoms with Crippen LogP contribution in [-0.2, 0) is 4.74 Å². The minimum atomic E-state index is 0.397. The maximum atomic E-state index is 5.43. The second-order valence-corrected chi connectivity index (χ2v) is 5.15. The standard InChI is InChI=1S/C11H22N2O/c1-9(2)11(7-14-8-11)10-6-13(3)5-4-12-10/h9-10,12H,4-8H2,1-3H3. The van der Waals surface area contributed by atoms with Gasteiger partial charge in [0, 0.05) is 31.1 Å². The number of piperazine rings is 1. The summed E-state index contributed by atoms with van der Waals surface area (Å²) in [6.45, 7) is 9.98. The molecule has 0 aromatic heterocycles. The molecule has 0 amide bonds. The fraction of sp³-hybridized carbons (Fsp3) is 1.00. The van der Waals surface area contributed by atoms with Crippen LogP contribution in [0.1, 0.15) is 13.8 Å². The van der Waals surface area contributed by atoms with E-state index >= 15 is 0 Å². The highest BCUT2D eigenvalue weighted by Crippen LogP contribution is 2.39. The molecular weight excluding hydrogens is 176 g/mol. The van der Waals surface area contributed by atoms with E-state index in [0.29, 0.717) is 17.4 Å². The van der Waals surface area contributed by atoms with E-state index in [0.717, 1.165) is 19.8 Å². The Morgan fingerprint density at radius 1 is 1.43 bits per heavy atom. The zero-order valence-electron chi connectivity index (χ0n) is 9.55. The van der Waals surface area contributed by atoms with Crippen molar-refractivity contribution in [3.8, 4) is 0 Å². The Morgan fingerprint density at radius 3 is 2.57 bits per heavy atom. The van der Waals surface area contributed by atoms with E-state index in [9.17, 15) is 0 Å². The van der Waals surface area contributed by atoms with Gasteiger partial charge in [-0.25, -0.2) is 0 Å². The molecule has 0 radical (unpaired) electrons. The molecule has 2 rings (SSSR count). The van der Waals surface area contributed by atoms with Crippen molar-refractivity contribution in [2.75, 3.05) is 39.9 Å². The lowest BCUT2D eigenvalue weighted by Crippen LogP contribution is -2.65. The first kappa shape index (κ1) is 10.4. The Morgan fingerprint density at radius 2 is 2.14 bits per heavy atom. The Balaban J connectivity index is 2.04. The van der Waals surface area contributed by atoms with Crippen molar-refractivity contribution in [1.29, 1.82) is 0 Å². The lowest BCUT2D eigenvalue weighted by atomic mass is 9.69. The molecule has 14 heavy (non-hydrogen) atoms. The van der Waals surface area contributed by atoms with Crippen LogP contribution in [0, 0.1) is 11.3 Å². The van der Waals surface area contributed by atoms with Gasteiger partial charge >= 0.3 is 0 Å². The predicted molar refractivity (Wildman–Crippen MR) is 57.4 cm³/mol. The summed E-state index contributed by atoms with van der Waals surface area (Å²) in [6, 6.07) is 0.620. The largest absolute Gasteiger partial charge is 0.380 e. The summed E-state index contributed by atoms with van der Waals surface area (Å²) in [6.07, 6.45) is 0. The summed E-state index contributed by atoms with van der Waals surface area (Å²) in [7, 11) is 2.21. The van der Waals surface area contributed by atoms with Gasteiger partial charge in [-0.2, -0.15) is 0 Å². The number of nitrogens with one attached hydrogen (secondary N) is 1. The SMILES string of the molecule is CC(C)C1(C2CN(C)CCN2)COC1. The number of rotatable bonds is 2. The highest BCUT2D eigenvalue weighted by atomic mass is 16.5. The smallest absolute Gasteiger partial charge is 0.0562 e. The van der Waals surface area contributed by atoms with E-state index < -0.39 is 0 Å². The van der Waals surface area contributed by atoms with Crippen LogP contribution >= 0.6 is 0 Å². The van der Waals surface area contributed by atoms with Gasteiger partial charge in [-0.15, -0.1) is 0 Å². The summed E-state index contributed by atoms with van der Waals surface area (Å²) in [5, 5.41) is 3.65. The van der Waals surface area contributed by atoms with E-state index in [1.807, 2.05) is 0 Å². The van der Waals surface area contributed by atoms with Crippen molar-refractivity contribution < 1.29 is 4.74 Å². The number of hydrogen-bond donors (Lipinski definition) is 1. The highest BCUT2D eigenvalue weighted by Gasteiger charge is 2.48. The van der Waals surface area contributed by atoms with Crippen LogP contribution in [0.4, 0.5) is 0 Å². The quantitative estimate of drug-likeness (QED) is 0.702. The number of likely N-dealkylation sites (N-methyl/N-ethyl adjacent to an activating group) is 1. The van der Waals surface area contributed by atoms with Crippen molar-refractivity contribution in [3.05, 3.63) is 0 Å². The fourth-order valence-corrected chi connectivity index (χ4v) is 2.56. The first-order valence-electron chi connectivity index (χ1n) is 5.65. The Labute approximate surface area is 86.8 Å². The van der Waals surface area contributed by atoms with Gasteiger partial charge in [0.15, 0.2) is 0 Å². The maximum absolute atomic E-state index is 5.43. The molecule has 2 saturated heterocycles. The van der Waals surface area contributed by atoms with Gasteiger partial charge in [0.05, 0.1) is 13.2 Å². The molecule has 3 heteroatoms. The van der Waals surface area contributed by atoms with E-state index in [1.54, 1.807) is 0 Å². The molecule has 0 aliphatic carbocycles. The van der Waals surface area contributed by atoms with Gasteiger partial charge in [-0.05, 0) is 13.0 Å². The second kappa shape index (κ2) is 3.80. The van der Waals surface area contributed by atoms with Gasteiger partial charge in [0.1, 0.15) is 0 Å². The van der Waals surface area contributed by atoms with Crippen LogP contribution in [0.2, 0.25) is 0 Å². The topological polar surface area (TPSA) is 24.5 Å². The van der Waals surface area contributed by atoms with Crippen LogP contribution in [0.15, 0.2) is 0 Å². The normalized spacial score (nSPS) is 33.0. The zero-order valence-corrected chi connectivity index (χ0v) is 9.55. The number of ether oxygens (including phenoxy) is 1.